The Bertz CT molecular complexity index is 2080. The van der Waals surface area contributed by atoms with Gasteiger partial charge in [-0.05, 0) is 99.4 Å². The monoisotopic (exact) mass is 734 g/mol. The van der Waals surface area contributed by atoms with E-state index < -0.39 is 11.5 Å². The van der Waals surface area contributed by atoms with Crippen molar-refractivity contribution in [1.29, 1.82) is 0 Å². The zero-order valence-corrected chi connectivity index (χ0v) is 32.5. The number of carbonyl (C=O) groups excluding carboxylic acids is 2. The zero-order chi connectivity index (χ0) is 38.0. The van der Waals surface area contributed by atoms with Crippen LogP contribution in [0.15, 0.2) is 79.1 Å². The first-order valence-electron chi connectivity index (χ1n) is 19.2. The summed E-state index contributed by atoms with van der Waals surface area (Å²) in [6.45, 7) is 9.17. The van der Waals surface area contributed by atoms with Crippen molar-refractivity contribution in [1.82, 2.24) is 18.9 Å². The van der Waals surface area contributed by atoms with Crippen molar-refractivity contribution < 1.29 is 28.5 Å². The summed E-state index contributed by atoms with van der Waals surface area (Å²) in [7, 11) is 5.06. The smallest absolute Gasteiger partial charge is 0.410 e. The molecule has 1 aliphatic heterocycles. The van der Waals surface area contributed by atoms with Crippen molar-refractivity contribution in [3.05, 3.63) is 95.8 Å². The first-order chi connectivity index (χ1) is 26.1. The van der Waals surface area contributed by atoms with Gasteiger partial charge in [0, 0.05) is 92.7 Å². The van der Waals surface area contributed by atoms with Crippen LogP contribution in [0.25, 0.3) is 21.8 Å². The molecule has 5 aromatic rings. The van der Waals surface area contributed by atoms with E-state index in [1.807, 2.05) is 39.0 Å². The average molecular weight is 735 g/mol. The Morgan fingerprint density at radius 1 is 0.852 bits per heavy atom. The van der Waals surface area contributed by atoms with Crippen molar-refractivity contribution in [3.8, 4) is 11.5 Å². The Labute approximate surface area is 318 Å². The molecule has 0 radical (unpaired) electrons. The standard InChI is InChI=1S/C44H54N4O6/c1-44(2,3)54-43(50)47-21-17-37(36-12-9-14-41-38(36)18-20-46(41)26-30-23-33(52-5)25-34(24-30)53-6)39(29-47)42(49)48(32-15-16-32)28-31-27-45(19-10-22-51-4)40-13-8-7-11-35(31)40/h7-9,11-14,18,20,23-25,27,32,37,39H,10,15-17,19,21-22,26,28-29H2,1-6H3/t37-,39+/m1/s1. The van der Waals surface area contributed by atoms with Gasteiger partial charge < -0.3 is 37.9 Å². The number of rotatable bonds is 13. The molecule has 2 amide bonds. The predicted molar refractivity (Wildman–Crippen MR) is 211 cm³/mol. The summed E-state index contributed by atoms with van der Waals surface area (Å²) in [5, 5.41) is 2.29. The molecule has 2 fully saturated rings. The van der Waals surface area contributed by atoms with E-state index in [-0.39, 0.29) is 24.0 Å². The van der Waals surface area contributed by atoms with E-state index in [9.17, 15) is 4.79 Å². The molecule has 3 heterocycles. The van der Waals surface area contributed by atoms with Crippen molar-refractivity contribution in [3.63, 3.8) is 0 Å². The molecule has 0 N–H and O–H groups in total. The number of ether oxygens (including phenoxy) is 4. The first kappa shape index (κ1) is 37.4. The fourth-order valence-corrected chi connectivity index (χ4v) is 8.11. The maximum Gasteiger partial charge on any atom is 0.410 e. The molecule has 0 unspecified atom stereocenters. The summed E-state index contributed by atoms with van der Waals surface area (Å²) < 4.78 is 26.8. The zero-order valence-electron chi connectivity index (χ0n) is 32.5. The topological polar surface area (TPSA) is 87.4 Å². The third-order valence-electron chi connectivity index (χ3n) is 10.8. The first-order valence-corrected chi connectivity index (χ1v) is 19.2. The van der Waals surface area contributed by atoms with Gasteiger partial charge in [-0.25, -0.2) is 4.79 Å². The van der Waals surface area contributed by atoms with Gasteiger partial charge in [0.15, 0.2) is 0 Å². The number of para-hydroxylation sites is 1. The highest BCUT2D eigenvalue weighted by molar-refractivity contribution is 5.88. The van der Waals surface area contributed by atoms with Crippen LogP contribution in [-0.4, -0.2) is 83.6 Å². The molecule has 7 rings (SSSR count). The van der Waals surface area contributed by atoms with Crippen molar-refractivity contribution >= 4 is 33.8 Å². The summed E-state index contributed by atoms with van der Waals surface area (Å²) in [5.74, 6) is 1.08. The number of aryl methyl sites for hydroxylation is 1. The minimum absolute atomic E-state index is 0.0794. The van der Waals surface area contributed by atoms with Crippen molar-refractivity contribution in [2.75, 3.05) is 41.0 Å². The van der Waals surface area contributed by atoms with Crippen LogP contribution in [0, 0.1) is 5.92 Å². The van der Waals surface area contributed by atoms with E-state index in [1.54, 1.807) is 26.2 Å². The number of piperidine rings is 1. The maximum absolute atomic E-state index is 15.2. The summed E-state index contributed by atoms with van der Waals surface area (Å²) in [6.07, 6.45) is 7.50. The van der Waals surface area contributed by atoms with Crippen LogP contribution in [0.4, 0.5) is 4.79 Å². The van der Waals surface area contributed by atoms with E-state index in [4.69, 9.17) is 18.9 Å². The third kappa shape index (κ3) is 8.09. The van der Waals surface area contributed by atoms with E-state index in [0.29, 0.717) is 39.2 Å². The van der Waals surface area contributed by atoms with Crippen LogP contribution in [0.2, 0.25) is 0 Å². The lowest BCUT2D eigenvalue weighted by Gasteiger charge is -2.40. The molecule has 54 heavy (non-hydrogen) atoms. The highest BCUT2D eigenvalue weighted by Crippen LogP contribution is 2.41. The number of fused-ring (bicyclic) bond motifs is 2. The Morgan fingerprint density at radius 3 is 2.28 bits per heavy atom. The molecule has 10 heteroatoms. The van der Waals surface area contributed by atoms with Crippen LogP contribution in [0.5, 0.6) is 11.5 Å². The molecule has 0 spiro atoms. The second-order valence-electron chi connectivity index (χ2n) is 15.8. The molecular weight excluding hydrogens is 681 g/mol. The molecule has 10 nitrogen and oxygen atoms in total. The van der Waals surface area contributed by atoms with Crippen LogP contribution in [0.3, 0.4) is 0 Å². The molecule has 0 bridgehead atoms. The highest BCUT2D eigenvalue weighted by atomic mass is 16.6. The van der Waals surface area contributed by atoms with Gasteiger partial charge in [0.25, 0.3) is 0 Å². The molecule has 1 saturated heterocycles. The number of aromatic nitrogens is 2. The number of methoxy groups -OCH3 is 3. The lowest BCUT2D eigenvalue weighted by molar-refractivity contribution is -0.139. The fraction of sp³-hybridized carbons (Fsp3) is 0.455. The van der Waals surface area contributed by atoms with Gasteiger partial charge in [-0.2, -0.15) is 0 Å². The van der Waals surface area contributed by atoms with Gasteiger partial charge in [-0.3, -0.25) is 4.79 Å². The van der Waals surface area contributed by atoms with Crippen LogP contribution >= 0.6 is 0 Å². The fourth-order valence-electron chi connectivity index (χ4n) is 8.11. The second-order valence-corrected chi connectivity index (χ2v) is 15.8. The minimum atomic E-state index is -0.633. The molecule has 1 aliphatic carbocycles. The summed E-state index contributed by atoms with van der Waals surface area (Å²) in [6, 6.07) is 23.2. The van der Waals surface area contributed by atoms with Crippen LogP contribution in [-0.2, 0) is 33.9 Å². The predicted octanol–water partition coefficient (Wildman–Crippen LogP) is 8.23. The lowest BCUT2D eigenvalue weighted by atomic mass is 9.78. The Kier molecular flexibility index (Phi) is 10.9. The molecule has 286 valence electrons. The largest absolute Gasteiger partial charge is 0.497 e. The molecule has 3 aromatic carbocycles. The van der Waals surface area contributed by atoms with E-state index in [2.05, 4.69) is 75.0 Å². The van der Waals surface area contributed by atoms with Gasteiger partial charge in [-0.15, -0.1) is 0 Å². The average Bonchev–Trinajstić information content (AvgIpc) is 3.84. The van der Waals surface area contributed by atoms with Crippen molar-refractivity contribution in [2.24, 2.45) is 5.92 Å². The number of carbonyl (C=O) groups is 2. The Morgan fingerprint density at radius 2 is 1.57 bits per heavy atom. The number of hydrogen-bond donors (Lipinski definition) is 0. The summed E-state index contributed by atoms with van der Waals surface area (Å²) >= 11 is 0. The van der Waals surface area contributed by atoms with Crippen LogP contribution < -0.4 is 9.47 Å². The van der Waals surface area contributed by atoms with Gasteiger partial charge in [0.05, 0.1) is 20.1 Å². The second kappa shape index (κ2) is 15.8. The maximum atomic E-state index is 15.2. The van der Waals surface area contributed by atoms with Gasteiger partial charge >= 0.3 is 6.09 Å². The molecule has 1 saturated carbocycles. The number of benzene rings is 3. The number of likely N-dealkylation sites (tertiary alicyclic amines) is 1. The normalized spacial score (nSPS) is 17.6. The summed E-state index contributed by atoms with van der Waals surface area (Å²) in [5.41, 5.74) is 4.98. The number of amides is 2. The highest BCUT2D eigenvalue weighted by Gasteiger charge is 2.44. The SMILES string of the molecule is COCCCn1cc(CN(C(=O)[C@H]2CN(C(=O)OC(C)(C)C)CC[C@@H]2c2cccc3c2ccn3Cc2cc(OC)cc(OC)c2)C2CC2)c2ccccc21. The van der Waals surface area contributed by atoms with E-state index in [0.717, 1.165) is 64.9 Å². The van der Waals surface area contributed by atoms with Gasteiger partial charge in [0.2, 0.25) is 5.91 Å². The number of hydrogen-bond acceptors (Lipinski definition) is 6. The van der Waals surface area contributed by atoms with Crippen LogP contribution in [0.1, 0.15) is 69.1 Å². The van der Waals surface area contributed by atoms with Gasteiger partial charge in [-0.1, -0.05) is 30.3 Å². The van der Waals surface area contributed by atoms with E-state index in [1.165, 1.54) is 10.9 Å². The lowest BCUT2D eigenvalue weighted by Crippen LogP contribution is -2.51. The summed E-state index contributed by atoms with van der Waals surface area (Å²) in [4.78, 5) is 32.5. The van der Waals surface area contributed by atoms with E-state index >= 15 is 4.79 Å². The van der Waals surface area contributed by atoms with Crippen molar-refractivity contribution in [2.45, 2.75) is 83.6 Å². The quantitative estimate of drug-likeness (QED) is 0.113. The van der Waals surface area contributed by atoms with Gasteiger partial charge in [0.1, 0.15) is 17.1 Å². The molecular formula is C44H54N4O6. The molecule has 2 atom stereocenters. The number of nitrogens with zero attached hydrogens (tertiary/aromatic N) is 4. The molecule has 2 aromatic heterocycles. The molecule has 2 aliphatic rings. The minimum Gasteiger partial charge on any atom is -0.497 e. The Hall–Kier alpha value is -4.96. The third-order valence-corrected chi connectivity index (χ3v) is 10.8. The Balaban J connectivity index is 1.22.